The lowest BCUT2D eigenvalue weighted by molar-refractivity contribution is 0.0601. The van der Waals surface area contributed by atoms with E-state index in [1.165, 1.54) is 7.11 Å². The number of rotatable bonds is 4. The number of hydrogen-bond acceptors (Lipinski definition) is 8. The number of hydrogen-bond donors (Lipinski definition) is 2. The van der Waals surface area contributed by atoms with Gasteiger partial charge < -0.3 is 21.1 Å². The van der Waals surface area contributed by atoms with Crippen LogP contribution in [0.4, 0.5) is 17.6 Å². The second-order valence-electron chi connectivity index (χ2n) is 4.33. The third kappa shape index (κ3) is 3.35. The van der Waals surface area contributed by atoms with Crippen molar-refractivity contribution in [3.63, 3.8) is 0 Å². The monoisotopic (exact) mass is 288 g/mol. The molecular weight excluding hydrogens is 272 g/mol. The van der Waals surface area contributed by atoms with E-state index in [-0.39, 0.29) is 11.9 Å². The van der Waals surface area contributed by atoms with Gasteiger partial charge in [0.15, 0.2) is 5.82 Å². The Morgan fingerprint density at radius 3 is 2.43 bits per heavy atom. The van der Waals surface area contributed by atoms with Gasteiger partial charge in [-0.1, -0.05) is 12.1 Å². The summed E-state index contributed by atoms with van der Waals surface area (Å²) < 4.78 is 4.77. The molecule has 0 aliphatic carbocycles. The van der Waals surface area contributed by atoms with Crippen molar-refractivity contribution in [1.29, 1.82) is 0 Å². The van der Waals surface area contributed by atoms with Crippen LogP contribution in [0.15, 0.2) is 24.3 Å². The second kappa shape index (κ2) is 6.04. The van der Waals surface area contributed by atoms with E-state index in [1.807, 2.05) is 6.07 Å². The Balaban J connectivity index is 2.28. The van der Waals surface area contributed by atoms with Crippen molar-refractivity contribution < 1.29 is 9.53 Å². The van der Waals surface area contributed by atoms with Gasteiger partial charge in [-0.15, -0.1) is 0 Å². The Kier molecular flexibility index (Phi) is 4.17. The van der Waals surface area contributed by atoms with E-state index in [1.54, 1.807) is 30.1 Å². The van der Waals surface area contributed by atoms with E-state index in [9.17, 15) is 4.79 Å². The fraction of sp³-hybridized carbons (Fsp3) is 0.231. The van der Waals surface area contributed by atoms with Crippen LogP contribution in [0.1, 0.15) is 16.2 Å². The lowest BCUT2D eigenvalue weighted by Crippen LogP contribution is -2.22. The van der Waals surface area contributed by atoms with Crippen molar-refractivity contribution in [2.75, 3.05) is 30.5 Å². The molecule has 0 aliphatic rings. The predicted octanol–water partition coefficient (Wildman–Crippen LogP) is 0.459. The summed E-state index contributed by atoms with van der Waals surface area (Å²) in [4.78, 5) is 25.3. The Morgan fingerprint density at radius 2 is 1.81 bits per heavy atom. The molecular formula is C13H16N6O2. The highest BCUT2D eigenvalue weighted by Crippen LogP contribution is 2.21. The Hall–Kier alpha value is -2.90. The van der Waals surface area contributed by atoms with E-state index in [2.05, 4.69) is 15.0 Å². The summed E-state index contributed by atoms with van der Waals surface area (Å²) in [5.41, 5.74) is 12.2. The predicted molar refractivity (Wildman–Crippen MR) is 78.5 cm³/mol. The van der Waals surface area contributed by atoms with Crippen LogP contribution in [0.2, 0.25) is 0 Å². The quantitative estimate of drug-likeness (QED) is 0.778. The SMILES string of the molecule is COC(=O)c1ccccc1N(C)Cc1nc(N)nc(N)n1. The van der Waals surface area contributed by atoms with E-state index < -0.39 is 5.97 Å². The van der Waals surface area contributed by atoms with Crippen LogP contribution in [-0.4, -0.2) is 35.1 Å². The molecule has 21 heavy (non-hydrogen) atoms. The van der Waals surface area contributed by atoms with Crippen LogP contribution in [0.5, 0.6) is 0 Å². The number of methoxy groups -OCH3 is 1. The maximum Gasteiger partial charge on any atom is 0.339 e. The third-order valence-corrected chi connectivity index (χ3v) is 2.82. The summed E-state index contributed by atoms with van der Waals surface area (Å²) >= 11 is 0. The van der Waals surface area contributed by atoms with Gasteiger partial charge in [-0.2, -0.15) is 15.0 Å². The molecule has 2 aromatic rings. The molecule has 0 radical (unpaired) electrons. The fourth-order valence-electron chi connectivity index (χ4n) is 1.91. The number of nitrogens with zero attached hydrogens (tertiary/aromatic N) is 4. The maximum absolute atomic E-state index is 11.8. The van der Waals surface area contributed by atoms with Gasteiger partial charge in [-0.25, -0.2) is 4.79 Å². The number of carbonyl (C=O) groups is 1. The molecule has 110 valence electrons. The average molecular weight is 288 g/mol. The number of para-hydroxylation sites is 1. The van der Waals surface area contributed by atoms with Gasteiger partial charge in [0.1, 0.15) is 0 Å². The van der Waals surface area contributed by atoms with Crippen molar-refractivity contribution in [2.24, 2.45) is 0 Å². The summed E-state index contributed by atoms with van der Waals surface area (Å²) in [6.07, 6.45) is 0. The minimum Gasteiger partial charge on any atom is -0.465 e. The van der Waals surface area contributed by atoms with E-state index >= 15 is 0 Å². The lowest BCUT2D eigenvalue weighted by Gasteiger charge is -2.20. The summed E-state index contributed by atoms with van der Waals surface area (Å²) in [6, 6.07) is 7.09. The van der Waals surface area contributed by atoms with Crippen LogP contribution in [-0.2, 0) is 11.3 Å². The number of esters is 1. The average Bonchev–Trinajstić information content (AvgIpc) is 2.45. The number of benzene rings is 1. The molecule has 0 spiro atoms. The van der Waals surface area contributed by atoms with Gasteiger partial charge in [0.05, 0.1) is 24.9 Å². The number of anilines is 3. The van der Waals surface area contributed by atoms with E-state index in [0.717, 1.165) is 0 Å². The molecule has 0 bridgehead atoms. The van der Waals surface area contributed by atoms with Gasteiger partial charge in [-0.05, 0) is 12.1 Å². The topological polar surface area (TPSA) is 120 Å². The van der Waals surface area contributed by atoms with Gasteiger partial charge in [-0.3, -0.25) is 0 Å². The first-order chi connectivity index (χ1) is 10.0. The lowest BCUT2D eigenvalue weighted by atomic mass is 10.1. The summed E-state index contributed by atoms with van der Waals surface area (Å²) in [7, 11) is 3.14. The standard InChI is InChI=1S/C13H16N6O2/c1-19(7-10-16-12(14)18-13(15)17-10)9-6-4-3-5-8(9)11(20)21-2/h3-6H,7H2,1-2H3,(H4,14,15,16,17,18). The Morgan fingerprint density at radius 1 is 1.19 bits per heavy atom. The molecule has 0 amide bonds. The van der Waals surface area contributed by atoms with Crippen molar-refractivity contribution in [2.45, 2.75) is 6.54 Å². The highest BCUT2D eigenvalue weighted by molar-refractivity contribution is 5.95. The zero-order valence-electron chi connectivity index (χ0n) is 11.8. The van der Waals surface area contributed by atoms with Crippen LogP contribution in [0.3, 0.4) is 0 Å². The van der Waals surface area contributed by atoms with Gasteiger partial charge in [0.25, 0.3) is 0 Å². The van der Waals surface area contributed by atoms with E-state index in [4.69, 9.17) is 16.2 Å². The number of carbonyl (C=O) groups excluding carboxylic acids is 1. The molecule has 1 heterocycles. The van der Waals surface area contributed by atoms with Crippen molar-refractivity contribution in [1.82, 2.24) is 15.0 Å². The molecule has 1 aromatic carbocycles. The third-order valence-electron chi connectivity index (χ3n) is 2.82. The molecule has 0 saturated carbocycles. The second-order valence-corrected chi connectivity index (χ2v) is 4.33. The smallest absolute Gasteiger partial charge is 0.339 e. The molecule has 8 nitrogen and oxygen atoms in total. The zero-order chi connectivity index (χ0) is 15.4. The Bertz CT molecular complexity index is 641. The van der Waals surface area contributed by atoms with Crippen LogP contribution >= 0.6 is 0 Å². The van der Waals surface area contributed by atoms with Crippen molar-refractivity contribution in [3.05, 3.63) is 35.7 Å². The number of ether oxygens (including phenoxy) is 1. The highest BCUT2D eigenvalue weighted by Gasteiger charge is 2.15. The first-order valence-electron chi connectivity index (χ1n) is 6.15. The summed E-state index contributed by atoms with van der Waals surface area (Å²) in [5.74, 6) is 0.133. The van der Waals surface area contributed by atoms with Crippen molar-refractivity contribution >= 4 is 23.6 Å². The number of nitrogens with two attached hydrogens (primary N) is 2. The Labute approximate surface area is 121 Å². The fourth-order valence-corrected chi connectivity index (χ4v) is 1.91. The summed E-state index contributed by atoms with van der Waals surface area (Å²) in [5, 5.41) is 0. The molecule has 0 aliphatic heterocycles. The first-order valence-corrected chi connectivity index (χ1v) is 6.15. The highest BCUT2D eigenvalue weighted by atomic mass is 16.5. The van der Waals surface area contributed by atoms with Crippen LogP contribution in [0, 0.1) is 0 Å². The van der Waals surface area contributed by atoms with Crippen molar-refractivity contribution in [3.8, 4) is 0 Å². The van der Waals surface area contributed by atoms with Gasteiger partial charge in [0.2, 0.25) is 11.9 Å². The molecule has 0 saturated heterocycles. The molecule has 8 heteroatoms. The molecule has 2 rings (SSSR count). The number of nitrogen functional groups attached to an aromatic ring is 2. The van der Waals surface area contributed by atoms with Gasteiger partial charge >= 0.3 is 5.97 Å². The van der Waals surface area contributed by atoms with Crippen LogP contribution in [0.25, 0.3) is 0 Å². The van der Waals surface area contributed by atoms with Gasteiger partial charge in [0, 0.05) is 7.05 Å². The largest absolute Gasteiger partial charge is 0.465 e. The first kappa shape index (κ1) is 14.5. The molecule has 0 atom stereocenters. The molecule has 1 aromatic heterocycles. The van der Waals surface area contributed by atoms with E-state index in [0.29, 0.717) is 23.6 Å². The number of aromatic nitrogens is 3. The maximum atomic E-state index is 11.8. The minimum absolute atomic E-state index is 0.0622. The minimum atomic E-state index is -0.410. The summed E-state index contributed by atoms with van der Waals surface area (Å²) in [6.45, 7) is 0.324. The molecule has 4 N–H and O–H groups in total. The normalized spacial score (nSPS) is 10.2. The van der Waals surface area contributed by atoms with Crippen LogP contribution < -0.4 is 16.4 Å². The molecule has 0 unspecified atom stereocenters. The zero-order valence-corrected chi connectivity index (χ0v) is 11.8. The molecule has 0 fully saturated rings.